The van der Waals surface area contributed by atoms with Gasteiger partial charge in [0.15, 0.2) is 0 Å². The number of aryl methyl sites for hydroxylation is 1. The van der Waals surface area contributed by atoms with Crippen LogP contribution in [0.15, 0.2) is 16.6 Å². The van der Waals surface area contributed by atoms with Crippen LogP contribution in [0.3, 0.4) is 0 Å². The first-order valence-corrected chi connectivity index (χ1v) is 5.15. The lowest BCUT2D eigenvalue weighted by molar-refractivity contribution is 0.153. The molecule has 0 fully saturated rings. The molecule has 14 heavy (non-hydrogen) atoms. The molecule has 3 nitrogen and oxygen atoms in total. The topological polar surface area (TPSA) is 66.5 Å². The molecule has 78 valence electrons. The maximum absolute atomic E-state index is 9.71. The van der Waals surface area contributed by atoms with Crippen LogP contribution in [0.5, 0.6) is 5.75 Å². The molecule has 0 aliphatic heterocycles. The van der Waals surface area contributed by atoms with Gasteiger partial charge in [-0.25, -0.2) is 0 Å². The van der Waals surface area contributed by atoms with Gasteiger partial charge in [-0.05, 0) is 53.0 Å². The Balaban J connectivity index is 3.12. The highest BCUT2D eigenvalue weighted by Gasteiger charge is 2.15. The molecule has 1 aromatic rings. The van der Waals surface area contributed by atoms with Crippen LogP contribution in [0, 0.1) is 6.92 Å². The summed E-state index contributed by atoms with van der Waals surface area (Å²) in [6.45, 7) is 3.51. The standard InChI is InChI=1S/C10H14BrNO2/c1-5-3-7(10(14)6(2)12)4-8(11)9(5)13/h3-4,6,10,13-14H,12H2,1-2H3. The van der Waals surface area contributed by atoms with Gasteiger partial charge >= 0.3 is 0 Å². The number of benzene rings is 1. The van der Waals surface area contributed by atoms with Crippen molar-refractivity contribution in [2.24, 2.45) is 5.73 Å². The Hall–Kier alpha value is -0.580. The van der Waals surface area contributed by atoms with Gasteiger partial charge in [-0.3, -0.25) is 0 Å². The van der Waals surface area contributed by atoms with Gasteiger partial charge in [-0.1, -0.05) is 0 Å². The number of hydrogen-bond donors (Lipinski definition) is 3. The number of aromatic hydroxyl groups is 1. The van der Waals surface area contributed by atoms with Crippen LogP contribution in [0.4, 0.5) is 0 Å². The number of aliphatic hydroxyl groups excluding tert-OH is 1. The lowest BCUT2D eigenvalue weighted by Crippen LogP contribution is -2.24. The first-order valence-electron chi connectivity index (χ1n) is 4.36. The van der Waals surface area contributed by atoms with E-state index in [1.165, 1.54) is 0 Å². The number of halogens is 1. The molecule has 1 rings (SSSR count). The average molecular weight is 260 g/mol. The van der Waals surface area contributed by atoms with Crippen LogP contribution >= 0.6 is 15.9 Å². The van der Waals surface area contributed by atoms with Crippen molar-refractivity contribution in [3.8, 4) is 5.75 Å². The van der Waals surface area contributed by atoms with Crippen molar-refractivity contribution >= 4 is 15.9 Å². The van der Waals surface area contributed by atoms with E-state index >= 15 is 0 Å². The van der Waals surface area contributed by atoms with E-state index in [0.29, 0.717) is 15.6 Å². The lowest BCUT2D eigenvalue weighted by Gasteiger charge is -2.16. The number of nitrogens with two attached hydrogens (primary N) is 1. The second-order valence-corrected chi connectivity index (χ2v) is 4.33. The van der Waals surface area contributed by atoms with Crippen LogP contribution in [0.2, 0.25) is 0 Å². The third-order valence-corrected chi connectivity index (χ3v) is 2.72. The molecule has 4 heteroatoms. The molecule has 0 aliphatic carbocycles. The molecule has 4 N–H and O–H groups in total. The lowest BCUT2D eigenvalue weighted by atomic mass is 10.0. The Morgan fingerprint density at radius 1 is 1.43 bits per heavy atom. The van der Waals surface area contributed by atoms with Crippen molar-refractivity contribution in [1.29, 1.82) is 0 Å². The summed E-state index contributed by atoms with van der Waals surface area (Å²) in [5.74, 6) is 0.200. The maximum atomic E-state index is 9.71. The number of rotatable bonds is 2. The van der Waals surface area contributed by atoms with Gasteiger partial charge in [-0.15, -0.1) is 0 Å². The van der Waals surface area contributed by atoms with Crippen LogP contribution < -0.4 is 5.73 Å². The van der Waals surface area contributed by atoms with Crippen LogP contribution in [0.1, 0.15) is 24.2 Å². The van der Waals surface area contributed by atoms with Crippen molar-refractivity contribution in [2.75, 3.05) is 0 Å². The van der Waals surface area contributed by atoms with Gasteiger partial charge in [0.2, 0.25) is 0 Å². The quantitative estimate of drug-likeness (QED) is 0.760. The fourth-order valence-corrected chi connectivity index (χ4v) is 1.81. The summed E-state index contributed by atoms with van der Waals surface area (Å²) in [5.41, 5.74) is 7.01. The minimum Gasteiger partial charge on any atom is -0.506 e. The molecule has 0 aromatic heterocycles. The largest absolute Gasteiger partial charge is 0.506 e. The van der Waals surface area contributed by atoms with E-state index in [-0.39, 0.29) is 11.8 Å². The Morgan fingerprint density at radius 3 is 2.43 bits per heavy atom. The minimum atomic E-state index is -0.703. The first kappa shape index (κ1) is 11.5. The molecule has 0 bridgehead atoms. The predicted octanol–water partition coefficient (Wildman–Crippen LogP) is 1.84. The highest BCUT2D eigenvalue weighted by molar-refractivity contribution is 9.10. The molecule has 0 spiro atoms. The molecule has 2 atom stereocenters. The molecular weight excluding hydrogens is 246 g/mol. The van der Waals surface area contributed by atoms with E-state index in [9.17, 15) is 10.2 Å². The second-order valence-electron chi connectivity index (χ2n) is 3.47. The zero-order valence-electron chi connectivity index (χ0n) is 8.16. The molecule has 1 aromatic carbocycles. The Bertz CT molecular complexity index is 316. The molecule has 0 radical (unpaired) electrons. The smallest absolute Gasteiger partial charge is 0.132 e. The van der Waals surface area contributed by atoms with Crippen LogP contribution in [0.25, 0.3) is 0 Å². The number of phenols is 1. The molecule has 0 aliphatic rings. The van der Waals surface area contributed by atoms with Crippen LogP contribution in [-0.2, 0) is 0 Å². The molecular formula is C10H14BrNO2. The molecule has 2 unspecified atom stereocenters. The summed E-state index contributed by atoms with van der Waals surface area (Å²) in [6, 6.07) is 3.08. The van der Waals surface area contributed by atoms with Crippen molar-refractivity contribution in [3.05, 3.63) is 27.7 Å². The van der Waals surface area contributed by atoms with E-state index in [2.05, 4.69) is 15.9 Å². The zero-order valence-corrected chi connectivity index (χ0v) is 9.75. The molecule has 0 saturated heterocycles. The van der Waals surface area contributed by atoms with Crippen LogP contribution in [-0.4, -0.2) is 16.3 Å². The monoisotopic (exact) mass is 259 g/mol. The van der Waals surface area contributed by atoms with Gasteiger partial charge in [0.25, 0.3) is 0 Å². The van der Waals surface area contributed by atoms with Gasteiger partial charge in [0, 0.05) is 6.04 Å². The summed E-state index contributed by atoms with van der Waals surface area (Å²) < 4.78 is 0.576. The van der Waals surface area contributed by atoms with E-state index < -0.39 is 6.10 Å². The summed E-state index contributed by atoms with van der Waals surface area (Å²) in [4.78, 5) is 0. The van der Waals surface area contributed by atoms with Gasteiger partial charge in [0.1, 0.15) is 5.75 Å². The highest BCUT2D eigenvalue weighted by Crippen LogP contribution is 2.31. The van der Waals surface area contributed by atoms with E-state index in [1.807, 2.05) is 0 Å². The molecule has 0 saturated carbocycles. The van der Waals surface area contributed by atoms with Crippen molar-refractivity contribution in [2.45, 2.75) is 26.0 Å². The SMILES string of the molecule is Cc1cc(C(O)C(C)N)cc(Br)c1O. The summed E-state index contributed by atoms with van der Waals surface area (Å²) >= 11 is 3.21. The normalized spacial score (nSPS) is 15.2. The third kappa shape index (κ3) is 2.26. The number of hydrogen-bond acceptors (Lipinski definition) is 3. The fourth-order valence-electron chi connectivity index (χ4n) is 1.24. The van der Waals surface area contributed by atoms with Crippen molar-refractivity contribution < 1.29 is 10.2 Å². The zero-order chi connectivity index (χ0) is 10.9. The number of phenolic OH excluding ortho intramolecular Hbond substituents is 1. The van der Waals surface area contributed by atoms with Gasteiger partial charge in [-0.2, -0.15) is 0 Å². The molecule has 0 amide bonds. The minimum absolute atomic E-state index is 0.200. The van der Waals surface area contributed by atoms with Crippen molar-refractivity contribution in [1.82, 2.24) is 0 Å². The second kappa shape index (κ2) is 4.29. The average Bonchev–Trinajstić information content (AvgIpc) is 2.12. The summed E-state index contributed by atoms with van der Waals surface area (Å²) in [5, 5.41) is 19.2. The Kier molecular flexibility index (Phi) is 3.53. The van der Waals surface area contributed by atoms with E-state index in [0.717, 1.165) is 0 Å². The van der Waals surface area contributed by atoms with E-state index in [1.54, 1.807) is 26.0 Å². The highest BCUT2D eigenvalue weighted by atomic mass is 79.9. The Morgan fingerprint density at radius 2 is 2.00 bits per heavy atom. The van der Waals surface area contributed by atoms with Crippen molar-refractivity contribution in [3.63, 3.8) is 0 Å². The fraction of sp³-hybridized carbons (Fsp3) is 0.400. The predicted molar refractivity (Wildman–Crippen MR) is 59.2 cm³/mol. The molecule has 0 heterocycles. The van der Waals surface area contributed by atoms with Gasteiger partial charge < -0.3 is 15.9 Å². The summed E-state index contributed by atoms with van der Waals surface area (Å²) in [6.07, 6.45) is -0.703. The third-order valence-electron chi connectivity index (χ3n) is 2.12. The Labute approximate surface area is 91.7 Å². The van der Waals surface area contributed by atoms with Gasteiger partial charge in [0.05, 0.1) is 10.6 Å². The first-order chi connectivity index (χ1) is 6.43. The number of aliphatic hydroxyl groups is 1. The summed E-state index contributed by atoms with van der Waals surface area (Å²) in [7, 11) is 0. The maximum Gasteiger partial charge on any atom is 0.132 e. The van der Waals surface area contributed by atoms with E-state index in [4.69, 9.17) is 5.73 Å².